The molecular formula is C13H12N2OS. The summed E-state index contributed by atoms with van der Waals surface area (Å²) in [5.41, 5.74) is 1.84. The van der Waals surface area contributed by atoms with Gasteiger partial charge < -0.3 is 0 Å². The number of thioether (sulfide) groups is 1. The lowest BCUT2D eigenvalue weighted by Gasteiger charge is -2.03. The Labute approximate surface area is 104 Å². The number of benzene rings is 1. The summed E-state index contributed by atoms with van der Waals surface area (Å²) in [7, 11) is 1.83. The smallest absolute Gasteiger partial charge is 0.196 e. The van der Waals surface area contributed by atoms with Crippen LogP contribution in [-0.2, 0) is 13.5 Å². The van der Waals surface area contributed by atoms with Crippen LogP contribution in [0.5, 0.6) is 0 Å². The maximum Gasteiger partial charge on any atom is 0.196 e. The van der Waals surface area contributed by atoms with E-state index in [9.17, 15) is 4.79 Å². The molecule has 0 radical (unpaired) electrons. The molecule has 4 heteroatoms. The van der Waals surface area contributed by atoms with Crippen molar-refractivity contribution in [3.8, 4) is 0 Å². The average Bonchev–Trinajstić information content (AvgIpc) is 2.93. The highest BCUT2D eigenvalue weighted by atomic mass is 32.2. The number of fused-ring (bicyclic) bond motifs is 1. The molecule has 0 bridgehead atoms. The van der Waals surface area contributed by atoms with Crippen molar-refractivity contribution in [3.63, 3.8) is 0 Å². The van der Waals surface area contributed by atoms with Gasteiger partial charge in [-0.1, -0.05) is 18.2 Å². The lowest BCUT2D eigenvalue weighted by atomic mass is 10.1. The van der Waals surface area contributed by atoms with Crippen molar-refractivity contribution in [1.29, 1.82) is 0 Å². The zero-order valence-electron chi connectivity index (χ0n) is 9.46. The quantitative estimate of drug-likeness (QED) is 0.760. The van der Waals surface area contributed by atoms with E-state index in [-0.39, 0.29) is 11.0 Å². The van der Waals surface area contributed by atoms with Crippen LogP contribution in [0, 0.1) is 0 Å². The van der Waals surface area contributed by atoms with E-state index in [0.29, 0.717) is 5.69 Å². The molecule has 17 heavy (non-hydrogen) atoms. The molecule has 1 aliphatic heterocycles. The second-order valence-electron chi connectivity index (χ2n) is 4.16. The number of nitrogens with zero attached hydrogens (tertiary/aromatic N) is 2. The number of aryl methyl sites for hydroxylation is 1. The molecule has 3 rings (SSSR count). The van der Waals surface area contributed by atoms with E-state index in [1.165, 1.54) is 10.5 Å². The van der Waals surface area contributed by atoms with Crippen molar-refractivity contribution in [3.05, 3.63) is 47.8 Å². The Kier molecular flexibility index (Phi) is 2.52. The third-order valence-electron chi connectivity index (χ3n) is 2.91. The first-order valence-electron chi connectivity index (χ1n) is 5.52. The van der Waals surface area contributed by atoms with Crippen LogP contribution in [0.4, 0.5) is 0 Å². The Hall–Kier alpha value is -1.55. The Balaban J connectivity index is 1.83. The fraction of sp³-hybridized carbons (Fsp3) is 0.231. The zero-order valence-corrected chi connectivity index (χ0v) is 10.3. The summed E-state index contributed by atoms with van der Waals surface area (Å²) >= 11 is 1.65. The van der Waals surface area contributed by atoms with Gasteiger partial charge in [-0.3, -0.25) is 9.48 Å². The molecule has 2 heterocycles. The minimum absolute atomic E-state index is 0.0118. The SMILES string of the molecule is Cn1ccc(C(=O)C2Cc3ccccc3S2)n1. The van der Waals surface area contributed by atoms with E-state index in [1.54, 1.807) is 28.7 Å². The van der Waals surface area contributed by atoms with Gasteiger partial charge in [-0.05, 0) is 24.1 Å². The lowest BCUT2D eigenvalue weighted by Crippen LogP contribution is -2.17. The summed E-state index contributed by atoms with van der Waals surface area (Å²) in [6, 6.07) is 9.98. The molecule has 0 fully saturated rings. The number of hydrogen-bond acceptors (Lipinski definition) is 3. The summed E-state index contributed by atoms with van der Waals surface area (Å²) in [6.07, 6.45) is 2.62. The van der Waals surface area contributed by atoms with Gasteiger partial charge >= 0.3 is 0 Å². The van der Waals surface area contributed by atoms with Crippen LogP contribution in [0.2, 0.25) is 0 Å². The molecular weight excluding hydrogens is 232 g/mol. The topological polar surface area (TPSA) is 34.9 Å². The number of Topliss-reactive ketones (excluding diaryl/α,β-unsaturated/α-hetero) is 1. The Morgan fingerprint density at radius 3 is 2.94 bits per heavy atom. The number of carbonyl (C=O) groups is 1. The van der Waals surface area contributed by atoms with Crippen LogP contribution in [-0.4, -0.2) is 20.8 Å². The number of aromatic nitrogens is 2. The predicted octanol–water partition coefficient (Wildman–Crippen LogP) is 2.32. The van der Waals surface area contributed by atoms with Gasteiger partial charge in [0.2, 0.25) is 0 Å². The molecule has 1 aliphatic rings. The van der Waals surface area contributed by atoms with Crippen molar-refractivity contribution in [1.82, 2.24) is 9.78 Å². The van der Waals surface area contributed by atoms with Crippen LogP contribution >= 0.6 is 11.8 Å². The molecule has 0 spiro atoms. The molecule has 0 saturated heterocycles. The molecule has 0 amide bonds. The van der Waals surface area contributed by atoms with Crippen molar-refractivity contribution in [2.75, 3.05) is 0 Å². The fourth-order valence-corrected chi connectivity index (χ4v) is 3.30. The standard InChI is InChI=1S/C13H12N2OS/c1-15-7-6-10(14-15)13(16)12-8-9-4-2-3-5-11(9)17-12/h2-7,12H,8H2,1H3. The Morgan fingerprint density at radius 1 is 1.41 bits per heavy atom. The van der Waals surface area contributed by atoms with E-state index in [4.69, 9.17) is 0 Å². The average molecular weight is 244 g/mol. The predicted molar refractivity (Wildman–Crippen MR) is 67.3 cm³/mol. The molecule has 0 N–H and O–H groups in total. The molecule has 0 saturated carbocycles. The van der Waals surface area contributed by atoms with E-state index < -0.39 is 0 Å². The first kappa shape index (κ1) is 10.6. The summed E-state index contributed by atoms with van der Waals surface area (Å²) < 4.78 is 1.67. The maximum atomic E-state index is 12.2. The van der Waals surface area contributed by atoms with Crippen LogP contribution in [0.3, 0.4) is 0 Å². The van der Waals surface area contributed by atoms with Gasteiger partial charge in [-0.2, -0.15) is 5.10 Å². The van der Waals surface area contributed by atoms with Crippen LogP contribution < -0.4 is 0 Å². The van der Waals surface area contributed by atoms with Gasteiger partial charge in [-0.15, -0.1) is 11.8 Å². The first-order valence-corrected chi connectivity index (χ1v) is 6.40. The van der Waals surface area contributed by atoms with E-state index in [1.807, 2.05) is 19.2 Å². The molecule has 1 aromatic heterocycles. The van der Waals surface area contributed by atoms with Gasteiger partial charge in [0.15, 0.2) is 5.78 Å². The minimum Gasteiger partial charge on any atom is -0.291 e. The summed E-state index contributed by atoms with van der Waals surface area (Å²) in [6.45, 7) is 0. The van der Waals surface area contributed by atoms with Gasteiger partial charge in [0, 0.05) is 18.1 Å². The monoisotopic (exact) mass is 244 g/mol. The van der Waals surface area contributed by atoms with E-state index >= 15 is 0 Å². The van der Waals surface area contributed by atoms with Crippen molar-refractivity contribution >= 4 is 17.5 Å². The van der Waals surface area contributed by atoms with Gasteiger partial charge in [0.25, 0.3) is 0 Å². The van der Waals surface area contributed by atoms with Crippen molar-refractivity contribution in [2.24, 2.45) is 7.05 Å². The van der Waals surface area contributed by atoms with Crippen LogP contribution in [0.15, 0.2) is 41.4 Å². The fourth-order valence-electron chi connectivity index (χ4n) is 2.04. The second kappa shape index (κ2) is 4.04. The molecule has 86 valence electrons. The molecule has 1 aromatic carbocycles. The second-order valence-corrected chi connectivity index (χ2v) is 5.40. The summed E-state index contributed by atoms with van der Waals surface area (Å²) in [5.74, 6) is 0.131. The highest BCUT2D eigenvalue weighted by Gasteiger charge is 2.29. The van der Waals surface area contributed by atoms with Crippen LogP contribution in [0.1, 0.15) is 16.1 Å². The number of hydrogen-bond donors (Lipinski definition) is 0. The van der Waals surface area contributed by atoms with Gasteiger partial charge in [-0.25, -0.2) is 0 Å². The van der Waals surface area contributed by atoms with E-state index in [0.717, 1.165) is 6.42 Å². The molecule has 2 aromatic rings. The third-order valence-corrected chi connectivity index (χ3v) is 4.22. The first-order chi connectivity index (χ1) is 8.24. The van der Waals surface area contributed by atoms with E-state index in [2.05, 4.69) is 17.2 Å². The van der Waals surface area contributed by atoms with Crippen LogP contribution in [0.25, 0.3) is 0 Å². The van der Waals surface area contributed by atoms with Gasteiger partial charge in [0.1, 0.15) is 5.69 Å². The highest BCUT2D eigenvalue weighted by molar-refractivity contribution is 8.01. The molecule has 3 nitrogen and oxygen atoms in total. The summed E-state index contributed by atoms with van der Waals surface area (Å²) in [5, 5.41) is 4.16. The number of ketones is 1. The normalized spacial score (nSPS) is 18.1. The minimum atomic E-state index is -0.0118. The van der Waals surface area contributed by atoms with Crippen molar-refractivity contribution < 1.29 is 4.79 Å². The lowest BCUT2D eigenvalue weighted by molar-refractivity contribution is 0.0984. The highest BCUT2D eigenvalue weighted by Crippen LogP contribution is 2.37. The molecule has 0 aliphatic carbocycles. The number of carbonyl (C=O) groups excluding carboxylic acids is 1. The zero-order chi connectivity index (χ0) is 11.8. The molecule has 1 atom stereocenters. The number of rotatable bonds is 2. The summed E-state index contributed by atoms with van der Waals surface area (Å²) in [4.78, 5) is 13.5. The largest absolute Gasteiger partial charge is 0.291 e. The Bertz CT molecular complexity index is 551. The van der Waals surface area contributed by atoms with Crippen molar-refractivity contribution in [2.45, 2.75) is 16.6 Å². The maximum absolute atomic E-state index is 12.2. The molecule has 1 unspecified atom stereocenters. The third kappa shape index (κ3) is 1.89. The van der Waals surface area contributed by atoms with Gasteiger partial charge in [0.05, 0.1) is 5.25 Å². The Morgan fingerprint density at radius 2 is 2.24 bits per heavy atom.